The third kappa shape index (κ3) is 2.79. The van der Waals surface area contributed by atoms with Crippen LogP contribution in [0.15, 0.2) is 57.9 Å². The van der Waals surface area contributed by atoms with Crippen LogP contribution < -0.4 is 10.9 Å². The van der Waals surface area contributed by atoms with Gasteiger partial charge in [0, 0.05) is 5.56 Å². The number of fused-ring (bicyclic) bond motifs is 1. The second-order valence-corrected chi connectivity index (χ2v) is 5.13. The van der Waals surface area contributed by atoms with E-state index in [1.54, 1.807) is 25.3 Å². The maximum atomic E-state index is 12.3. The number of hydrogen-bond donors (Lipinski definition) is 1. The number of furan rings is 1. The lowest BCUT2D eigenvalue weighted by Gasteiger charge is -2.11. The highest BCUT2D eigenvalue weighted by molar-refractivity contribution is 5.82. The lowest BCUT2D eigenvalue weighted by atomic mass is 10.1. The molecule has 112 valence electrons. The van der Waals surface area contributed by atoms with Gasteiger partial charge in [-0.25, -0.2) is 0 Å². The summed E-state index contributed by atoms with van der Waals surface area (Å²) >= 11 is 0. The van der Waals surface area contributed by atoms with Gasteiger partial charge in [-0.15, -0.1) is 0 Å². The van der Waals surface area contributed by atoms with Gasteiger partial charge in [0.25, 0.3) is 5.56 Å². The van der Waals surface area contributed by atoms with E-state index in [4.69, 9.17) is 4.42 Å². The topological polar surface area (TPSA) is 64.2 Å². The number of aromatic nitrogens is 1. The molecule has 1 aromatic carbocycles. The Hall–Kier alpha value is -2.82. The van der Waals surface area contributed by atoms with Crippen molar-refractivity contribution in [1.82, 2.24) is 9.88 Å². The zero-order valence-corrected chi connectivity index (χ0v) is 12.2. The van der Waals surface area contributed by atoms with E-state index in [0.717, 1.165) is 10.9 Å². The predicted octanol–water partition coefficient (Wildman–Crippen LogP) is 2.22. The maximum absolute atomic E-state index is 12.3. The van der Waals surface area contributed by atoms with Crippen LogP contribution in [0.5, 0.6) is 0 Å². The fourth-order valence-electron chi connectivity index (χ4n) is 2.43. The summed E-state index contributed by atoms with van der Waals surface area (Å²) in [5, 5.41) is 3.70. The smallest absolute Gasteiger partial charge is 0.254 e. The molecule has 2 heterocycles. The van der Waals surface area contributed by atoms with Crippen molar-refractivity contribution in [2.45, 2.75) is 20.0 Å². The number of nitrogens with one attached hydrogen (secondary N) is 1. The van der Waals surface area contributed by atoms with Crippen molar-refractivity contribution in [2.24, 2.45) is 0 Å². The van der Waals surface area contributed by atoms with Gasteiger partial charge in [0.05, 0.1) is 18.3 Å². The van der Waals surface area contributed by atoms with Gasteiger partial charge in [0.2, 0.25) is 5.91 Å². The summed E-state index contributed by atoms with van der Waals surface area (Å²) in [6.07, 6.45) is 1.56. The van der Waals surface area contributed by atoms with Crippen LogP contribution in [0, 0.1) is 6.92 Å². The Bertz CT molecular complexity index is 863. The summed E-state index contributed by atoms with van der Waals surface area (Å²) in [4.78, 5) is 24.4. The van der Waals surface area contributed by atoms with E-state index in [1.165, 1.54) is 4.57 Å². The minimum absolute atomic E-state index is 0.0122. The number of carbonyl (C=O) groups excluding carboxylic acids is 1. The van der Waals surface area contributed by atoms with E-state index in [1.807, 2.05) is 30.3 Å². The van der Waals surface area contributed by atoms with Gasteiger partial charge in [0.15, 0.2) is 0 Å². The maximum Gasteiger partial charge on any atom is 0.254 e. The monoisotopic (exact) mass is 296 g/mol. The van der Waals surface area contributed by atoms with Gasteiger partial charge >= 0.3 is 0 Å². The number of carbonyl (C=O) groups is 1. The Labute approximate surface area is 127 Å². The van der Waals surface area contributed by atoms with Crippen molar-refractivity contribution in [2.75, 3.05) is 0 Å². The highest BCUT2D eigenvalue weighted by atomic mass is 16.3. The molecule has 1 amide bonds. The van der Waals surface area contributed by atoms with Gasteiger partial charge in [-0.2, -0.15) is 0 Å². The standard InChI is InChI=1S/C17H16N2O3/c1-12-9-13-5-2-3-7-15(13)19(17(12)21)11-16(20)18-10-14-6-4-8-22-14/h2-9H,10-11H2,1H3,(H,18,20). The van der Waals surface area contributed by atoms with Crippen LogP contribution in [0.1, 0.15) is 11.3 Å². The van der Waals surface area contributed by atoms with Crippen molar-refractivity contribution in [1.29, 1.82) is 0 Å². The summed E-state index contributed by atoms with van der Waals surface area (Å²) in [6, 6.07) is 12.9. The van der Waals surface area contributed by atoms with E-state index in [2.05, 4.69) is 5.32 Å². The number of amides is 1. The van der Waals surface area contributed by atoms with Crippen LogP contribution in [0.2, 0.25) is 0 Å². The summed E-state index contributed by atoms with van der Waals surface area (Å²) in [5.41, 5.74) is 1.23. The minimum atomic E-state index is -0.228. The first-order valence-electron chi connectivity index (χ1n) is 7.03. The molecule has 2 aromatic heterocycles. The predicted molar refractivity (Wildman–Crippen MR) is 83.5 cm³/mol. The minimum Gasteiger partial charge on any atom is -0.467 e. The molecule has 0 fully saturated rings. The van der Waals surface area contributed by atoms with Crippen LogP contribution in [0.4, 0.5) is 0 Å². The first kappa shape index (κ1) is 14.1. The van der Waals surface area contributed by atoms with Crippen molar-refractivity contribution >= 4 is 16.8 Å². The van der Waals surface area contributed by atoms with Gasteiger partial charge in [-0.3, -0.25) is 14.2 Å². The Kier molecular flexibility index (Phi) is 3.78. The quantitative estimate of drug-likeness (QED) is 0.803. The number of nitrogens with zero attached hydrogens (tertiary/aromatic N) is 1. The zero-order valence-electron chi connectivity index (χ0n) is 12.2. The molecule has 0 atom stereocenters. The summed E-state index contributed by atoms with van der Waals surface area (Å²) in [7, 11) is 0. The molecule has 0 unspecified atom stereocenters. The zero-order chi connectivity index (χ0) is 15.5. The van der Waals surface area contributed by atoms with Crippen molar-refractivity contribution in [3.63, 3.8) is 0 Å². The average molecular weight is 296 g/mol. The Morgan fingerprint density at radius 3 is 2.82 bits per heavy atom. The van der Waals surface area contributed by atoms with E-state index < -0.39 is 0 Å². The van der Waals surface area contributed by atoms with Gasteiger partial charge < -0.3 is 9.73 Å². The molecule has 0 saturated heterocycles. The molecule has 0 aliphatic carbocycles. The number of pyridine rings is 1. The first-order chi connectivity index (χ1) is 10.6. The molecule has 5 nitrogen and oxygen atoms in total. The third-order valence-corrected chi connectivity index (χ3v) is 3.52. The van der Waals surface area contributed by atoms with Gasteiger partial charge in [-0.1, -0.05) is 18.2 Å². The van der Waals surface area contributed by atoms with Crippen LogP contribution in [0.25, 0.3) is 10.9 Å². The first-order valence-corrected chi connectivity index (χ1v) is 7.03. The second kappa shape index (κ2) is 5.89. The lowest BCUT2D eigenvalue weighted by molar-refractivity contribution is -0.121. The van der Waals surface area contributed by atoms with E-state index in [0.29, 0.717) is 17.9 Å². The SMILES string of the molecule is Cc1cc2ccccc2n(CC(=O)NCc2ccco2)c1=O. The number of benzene rings is 1. The molecule has 1 N–H and O–H groups in total. The van der Waals surface area contributed by atoms with E-state index >= 15 is 0 Å². The van der Waals surface area contributed by atoms with E-state index in [9.17, 15) is 9.59 Å². The molecule has 0 saturated carbocycles. The lowest BCUT2D eigenvalue weighted by Crippen LogP contribution is -2.32. The molecule has 0 bridgehead atoms. The molecular formula is C17H16N2O3. The van der Waals surface area contributed by atoms with Crippen LogP contribution in [0.3, 0.4) is 0 Å². The molecule has 3 rings (SSSR count). The summed E-state index contributed by atoms with van der Waals surface area (Å²) in [5.74, 6) is 0.448. The van der Waals surface area contributed by atoms with Crippen molar-refractivity contribution in [3.8, 4) is 0 Å². The van der Waals surface area contributed by atoms with Crippen molar-refractivity contribution < 1.29 is 9.21 Å². The molecule has 3 aromatic rings. The molecule has 5 heteroatoms. The van der Waals surface area contributed by atoms with Gasteiger partial charge in [-0.05, 0) is 36.6 Å². The van der Waals surface area contributed by atoms with Crippen LogP contribution in [-0.4, -0.2) is 10.5 Å². The van der Waals surface area contributed by atoms with Crippen LogP contribution >= 0.6 is 0 Å². The molecule has 0 aliphatic heterocycles. The molecule has 0 radical (unpaired) electrons. The number of para-hydroxylation sites is 1. The highest BCUT2D eigenvalue weighted by Gasteiger charge is 2.10. The number of hydrogen-bond acceptors (Lipinski definition) is 3. The summed E-state index contributed by atoms with van der Waals surface area (Å²) < 4.78 is 6.67. The Morgan fingerprint density at radius 1 is 1.23 bits per heavy atom. The normalized spacial score (nSPS) is 10.8. The molecule has 0 aliphatic rings. The third-order valence-electron chi connectivity index (χ3n) is 3.52. The van der Waals surface area contributed by atoms with Crippen molar-refractivity contribution in [3.05, 3.63) is 70.4 Å². The Morgan fingerprint density at radius 2 is 2.05 bits per heavy atom. The number of rotatable bonds is 4. The Balaban J connectivity index is 1.85. The number of aryl methyl sites for hydroxylation is 1. The fraction of sp³-hybridized carbons (Fsp3) is 0.176. The molecule has 0 spiro atoms. The fourth-order valence-corrected chi connectivity index (χ4v) is 2.43. The molecular weight excluding hydrogens is 280 g/mol. The molecule has 22 heavy (non-hydrogen) atoms. The van der Waals surface area contributed by atoms with Crippen LogP contribution in [-0.2, 0) is 17.9 Å². The van der Waals surface area contributed by atoms with E-state index in [-0.39, 0.29) is 18.0 Å². The largest absolute Gasteiger partial charge is 0.467 e. The highest BCUT2D eigenvalue weighted by Crippen LogP contribution is 2.12. The average Bonchev–Trinajstić information content (AvgIpc) is 3.03. The summed E-state index contributed by atoms with van der Waals surface area (Å²) in [6.45, 7) is 2.05. The second-order valence-electron chi connectivity index (χ2n) is 5.13. The van der Waals surface area contributed by atoms with Gasteiger partial charge in [0.1, 0.15) is 12.3 Å².